The molecule has 0 amide bonds. The first-order valence-corrected chi connectivity index (χ1v) is 11.3. The van der Waals surface area contributed by atoms with Gasteiger partial charge in [0.25, 0.3) is 0 Å². The lowest BCUT2D eigenvalue weighted by Crippen LogP contribution is -2.38. The van der Waals surface area contributed by atoms with Crippen LogP contribution in [0.4, 0.5) is 0 Å². The van der Waals surface area contributed by atoms with Crippen molar-refractivity contribution in [3.8, 4) is 11.3 Å². The average molecular weight is 410 g/mol. The molecule has 28 heavy (non-hydrogen) atoms. The van der Waals surface area contributed by atoms with E-state index in [-0.39, 0.29) is 5.89 Å². The van der Waals surface area contributed by atoms with Gasteiger partial charge < -0.3 is 19.9 Å². The first-order chi connectivity index (χ1) is 13.2. The molecule has 1 heterocycles. The molecule has 0 aliphatic heterocycles. The Morgan fingerprint density at radius 3 is 2.43 bits per heavy atom. The van der Waals surface area contributed by atoms with Crippen LogP contribution in [0.15, 0.2) is 34.9 Å². The summed E-state index contributed by atoms with van der Waals surface area (Å²) < 4.78 is 20.8. The van der Waals surface area contributed by atoms with E-state index in [0.717, 1.165) is 12.0 Å². The predicted octanol–water partition coefficient (Wildman–Crippen LogP) is 4.53. The molecule has 156 valence electrons. The number of oxazole rings is 1. The predicted molar refractivity (Wildman–Crippen MR) is 109 cm³/mol. The molecule has 0 saturated heterocycles. The van der Waals surface area contributed by atoms with Crippen LogP contribution in [0, 0.1) is 0 Å². The van der Waals surface area contributed by atoms with Crippen LogP contribution < -0.4 is 5.73 Å². The second kappa shape index (κ2) is 10.3. The summed E-state index contributed by atoms with van der Waals surface area (Å²) in [4.78, 5) is 22.0. The molecule has 0 fully saturated rings. The molecule has 0 spiro atoms. The Morgan fingerprint density at radius 1 is 1.14 bits per heavy atom. The van der Waals surface area contributed by atoms with E-state index in [9.17, 15) is 4.57 Å². The molecule has 7 nitrogen and oxygen atoms in total. The highest BCUT2D eigenvalue weighted by atomic mass is 31.2. The van der Waals surface area contributed by atoms with Gasteiger partial charge in [-0.2, -0.15) is 0 Å². The van der Waals surface area contributed by atoms with Gasteiger partial charge >= 0.3 is 7.82 Å². The maximum absolute atomic E-state index is 10.9. The van der Waals surface area contributed by atoms with Crippen molar-refractivity contribution in [3.05, 3.63) is 42.0 Å². The second-order valence-electron chi connectivity index (χ2n) is 7.43. The van der Waals surface area contributed by atoms with Gasteiger partial charge in [0.05, 0.1) is 6.61 Å². The van der Waals surface area contributed by atoms with Crippen molar-refractivity contribution in [2.75, 3.05) is 6.61 Å². The fourth-order valence-electron chi connectivity index (χ4n) is 2.90. The number of unbranched alkanes of at least 4 members (excludes halogenated alkanes) is 5. The molecule has 1 aromatic heterocycles. The zero-order valence-corrected chi connectivity index (χ0v) is 17.5. The SMILES string of the molecule is CCCCCCCCc1ccc(-c2coc(C(C)(N)COP(=O)(O)O)n2)cc1. The number of rotatable bonds is 12. The molecule has 1 atom stereocenters. The van der Waals surface area contributed by atoms with Crippen molar-refractivity contribution < 1.29 is 23.3 Å². The van der Waals surface area contributed by atoms with Gasteiger partial charge in [0.1, 0.15) is 17.5 Å². The molecule has 2 rings (SSSR count). The quantitative estimate of drug-likeness (QED) is 0.347. The van der Waals surface area contributed by atoms with Crippen LogP contribution in [0.1, 0.15) is 63.8 Å². The van der Waals surface area contributed by atoms with Crippen LogP contribution in [0.25, 0.3) is 11.3 Å². The zero-order chi connectivity index (χ0) is 20.6. The standard InChI is InChI=1S/C20H31N2O5P/c1-3-4-5-6-7-8-9-16-10-12-17(13-11-16)18-14-26-19(22-18)20(2,21)15-27-28(23,24)25/h10-14H,3-9,15,21H2,1-2H3,(H2,23,24,25). The Hall–Kier alpha value is -1.50. The van der Waals surface area contributed by atoms with E-state index >= 15 is 0 Å². The summed E-state index contributed by atoms with van der Waals surface area (Å²) in [6.07, 6.45) is 10.2. The molecule has 1 aromatic carbocycles. The number of hydrogen-bond donors (Lipinski definition) is 3. The number of nitrogens with zero attached hydrogens (tertiary/aromatic N) is 1. The first-order valence-electron chi connectivity index (χ1n) is 9.75. The minimum absolute atomic E-state index is 0.159. The Bertz CT molecular complexity index is 767. The highest BCUT2D eigenvalue weighted by Gasteiger charge is 2.31. The lowest BCUT2D eigenvalue weighted by molar-refractivity contribution is 0.145. The van der Waals surface area contributed by atoms with Gasteiger partial charge in [-0.05, 0) is 25.3 Å². The lowest BCUT2D eigenvalue weighted by atomic mass is 10.0. The van der Waals surface area contributed by atoms with Gasteiger partial charge in [0, 0.05) is 5.56 Å². The number of phosphoric ester groups is 1. The summed E-state index contributed by atoms with van der Waals surface area (Å²) in [5.74, 6) is 0.159. The summed E-state index contributed by atoms with van der Waals surface area (Å²) in [6.45, 7) is 3.36. The van der Waals surface area contributed by atoms with Crippen molar-refractivity contribution in [1.82, 2.24) is 4.98 Å². The normalized spacial score (nSPS) is 14.2. The Morgan fingerprint density at radius 2 is 1.79 bits per heavy atom. The van der Waals surface area contributed by atoms with Crippen LogP contribution >= 0.6 is 7.82 Å². The highest BCUT2D eigenvalue weighted by molar-refractivity contribution is 7.46. The van der Waals surface area contributed by atoms with Crippen LogP contribution in [-0.2, 0) is 21.0 Å². The maximum atomic E-state index is 10.9. The lowest BCUT2D eigenvalue weighted by Gasteiger charge is -2.20. The average Bonchev–Trinajstić information content (AvgIpc) is 3.14. The van der Waals surface area contributed by atoms with Crippen LogP contribution in [-0.4, -0.2) is 21.4 Å². The topological polar surface area (TPSA) is 119 Å². The molecule has 0 radical (unpaired) electrons. The third kappa shape index (κ3) is 7.49. The molecule has 0 saturated carbocycles. The third-order valence-corrected chi connectivity index (χ3v) is 5.06. The largest absolute Gasteiger partial charge is 0.469 e. The van der Waals surface area contributed by atoms with E-state index in [2.05, 4.69) is 28.6 Å². The van der Waals surface area contributed by atoms with Gasteiger partial charge in [-0.15, -0.1) is 0 Å². The molecule has 4 N–H and O–H groups in total. The molecule has 0 aliphatic rings. The van der Waals surface area contributed by atoms with E-state index in [1.165, 1.54) is 50.4 Å². The molecule has 8 heteroatoms. The Labute approximate surface area is 166 Å². The fraction of sp³-hybridized carbons (Fsp3) is 0.550. The van der Waals surface area contributed by atoms with Crippen LogP contribution in [0.3, 0.4) is 0 Å². The Kier molecular flexibility index (Phi) is 8.40. The molecule has 0 aliphatic carbocycles. The van der Waals surface area contributed by atoms with E-state index < -0.39 is 20.0 Å². The third-order valence-electron chi connectivity index (χ3n) is 4.59. The van der Waals surface area contributed by atoms with Crippen molar-refractivity contribution in [2.24, 2.45) is 5.73 Å². The van der Waals surface area contributed by atoms with Crippen LogP contribution in [0.2, 0.25) is 0 Å². The van der Waals surface area contributed by atoms with Crippen molar-refractivity contribution in [2.45, 2.75) is 64.3 Å². The van der Waals surface area contributed by atoms with E-state index in [4.69, 9.17) is 19.9 Å². The summed E-state index contributed by atoms with van der Waals surface area (Å²) >= 11 is 0. The minimum atomic E-state index is -4.61. The van der Waals surface area contributed by atoms with E-state index in [1.54, 1.807) is 6.92 Å². The summed E-state index contributed by atoms with van der Waals surface area (Å²) in [5.41, 5.74) is 7.59. The monoisotopic (exact) mass is 410 g/mol. The molecule has 0 bridgehead atoms. The fourth-order valence-corrected chi connectivity index (χ4v) is 3.34. The van der Waals surface area contributed by atoms with Gasteiger partial charge in [0.2, 0.25) is 5.89 Å². The van der Waals surface area contributed by atoms with E-state index in [1.807, 2.05) is 12.1 Å². The van der Waals surface area contributed by atoms with Gasteiger partial charge in [-0.1, -0.05) is 63.3 Å². The molecule has 1 unspecified atom stereocenters. The first kappa shape index (κ1) is 22.8. The highest BCUT2D eigenvalue weighted by Crippen LogP contribution is 2.37. The number of benzene rings is 1. The van der Waals surface area contributed by atoms with Crippen molar-refractivity contribution in [3.63, 3.8) is 0 Å². The smallest absolute Gasteiger partial charge is 0.446 e. The van der Waals surface area contributed by atoms with Crippen molar-refractivity contribution >= 4 is 7.82 Å². The number of aryl methyl sites for hydroxylation is 1. The molecular formula is C20H31N2O5P. The molecular weight excluding hydrogens is 379 g/mol. The van der Waals surface area contributed by atoms with Gasteiger partial charge in [-0.25, -0.2) is 9.55 Å². The van der Waals surface area contributed by atoms with Gasteiger partial charge in [0.15, 0.2) is 0 Å². The zero-order valence-electron chi connectivity index (χ0n) is 16.6. The number of phosphoric acid groups is 1. The number of aromatic nitrogens is 1. The molecule has 2 aromatic rings. The summed E-state index contributed by atoms with van der Waals surface area (Å²) in [6, 6.07) is 8.17. The Balaban J connectivity index is 1.91. The maximum Gasteiger partial charge on any atom is 0.469 e. The summed E-state index contributed by atoms with van der Waals surface area (Å²) in [7, 11) is -4.61. The minimum Gasteiger partial charge on any atom is -0.446 e. The summed E-state index contributed by atoms with van der Waals surface area (Å²) in [5, 5.41) is 0. The van der Waals surface area contributed by atoms with Crippen LogP contribution in [0.5, 0.6) is 0 Å². The van der Waals surface area contributed by atoms with Crippen molar-refractivity contribution in [1.29, 1.82) is 0 Å². The van der Waals surface area contributed by atoms with E-state index in [0.29, 0.717) is 5.69 Å². The van der Waals surface area contributed by atoms with Gasteiger partial charge in [-0.3, -0.25) is 4.52 Å². The number of nitrogens with two attached hydrogens (primary N) is 1. The second-order valence-corrected chi connectivity index (χ2v) is 8.67. The number of hydrogen-bond acceptors (Lipinski definition) is 5.